The molecule has 0 heterocycles. The molecule has 0 atom stereocenters. The van der Waals surface area contributed by atoms with E-state index in [1.165, 1.54) is 13.2 Å². The second kappa shape index (κ2) is 16.9. The molecule has 0 aliphatic carbocycles. The number of rotatable bonds is 16. The second-order valence-corrected chi connectivity index (χ2v) is 3.97. The Hall–Kier alpha value is -1.15. The highest BCUT2D eigenvalue weighted by Gasteiger charge is 1.93. The van der Waals surface area contributed by atoms with Crippen LogP contribution in [0.15, 0.2) is 12.8 Å². The SMILES string of the molecule is C=COCCOCCOCCOCCOCCNC(C)=O. The summed E-state index contributed by atoms with van der Waals surface area (Å²) >= 11 is 0. The van der Waals surface area contributed by atoms with Crippen molar-refractivity contribution < 1.29 is 28.5 Å². The number of carbonyl (C=O) groups excluding carboxylic acids is 1. The van der Waals surface area contributed by atoms with E-state index in [4.69, 9.17) is 23.7 Å². The van der Waals surface area contributed by atoms with Gasteiger partial charge in [-0.2, -0.15) is 0 Å². The van der Waals surface area contributed by atoms with Crippen molar-refractivity contribution in [1.82, 2.24) is 5.32 Å². The van der Waals surface area contributed by atoms with Gasteiger partial charge in [-0.25, -0.2) is 0 Å². The van der Waals surface area contributed by atoms with Crippen LogP contribution in [0.25, 0.3) is 0 Å². The lowest BCUT2D eigenvalue weighted by molar-refractivity contribution is -0.119. The molecule has 0 aliphatic heterocycles. The van der Waals surface area contributed by atoms with E-state index in [2.05, 4.69) is 11.9 Å². The molecule has 7 nitrogen and oxygen atoms in total. The Kier molecular flexibility index (Phi) is 16.0. The molecule has 1 amide bonds. The maximum atomic E-state index is 10.6. The van der Waals surface area contributed by atoms with E-state index in [1.54, 1.807) is 0 Å². The lowest BCUT2D eigenvalue weighted by atomic mass is 10.6. The topological polar surface area (TPSA) is 75.2 Å². The summed E-state index contributed by atoms with van der Waals surface area (Å²) in [4.78, 5) is 10.6. The molecule has 0 saturated carbocycles. The zero-order valence-electron chi connectivity index (χ0n) is 12.8. The van der Waals surface area contributed by atoms with Crippen molar-refractivity contribution >= 4 is 5.91 Å². The summed E-state index contributed by atoms with van der Waals surface area (Å²) in [6.45, 7) is 10.1. The van der Waals surface area contributed by atoms with Crippen LogP contribution < -0.4 is 5.32 Å². The molecule has 124 valence electrons. The van der Waals surface area contributed by atoms with Gasteiger partial charge in [0.05, 0.1) is 59.1 Å². The molecule has 0 radical (unpaired) electrons. The first-order valence-electron chi connectivity index (χ1n) is 7.05. The third kappa shape index (κ3) is 18.9. The van der Waals surface area contributed by atoms with Crippen molar-refractivity contribution in [1.29, 1.82) is 0 Å². The molecule has 0 fully saturated rings. The van der Waals surface area contributed by atoms with Crippen LogP contribution in [0.4, 0.5) is 0 Å². The number of amides is 1. The average Bonchev–Trinajstić information content (AvgIpc) is 2.46. The summed E-state index contributed by atoms with van der Waals surface area (Å²) in [6, 6.07) is 0. The zero-order valence-corrected chi connectivity index (χ0v) is 12.8. The highest BCUT2D eigenvalue weighted by molar-refractivity contribution is 5.72. The highest BCUT2D eigenvalue weighted by atomic mass is 16.6. The molecule has 0 rings (SSSR count). The van der Waals surface area contributed by atoms with Crippen molar-refractivity contribution in [3.8, 4) is 0 Å². The number of carbonyl (C=O) groups is 1. The van der Waals surface area contributed by atoms with Gasteiger partial charge in [-0.05, 0) is 0 Å². The standard InChI is InChI=1S/C14H27NO6/c1-3-17-6-7-19-10-11-21-13-12-20-9-8-18-5-4-15-14(2)16/h3H,1,4-13H2,2H3,(H,15,16). The molecule has 0 aliphatic rings. The molecule has 7 heteroatoms. The predicted octanol–water partition coefficient (Wildman–Crippen LogP) is 0.349. The van der Waals surface area contributed by atoms with Crippen molar-refractivity contribution in [3.63, 3.8) is 0 Å². The molecule has 0 aromatic rings. The summed E-state index contributed by atoms with van der Waals surface area (Å²) in [5.74, 6) is -0.0517. The van der Waals surface area contributed by atoms with Gasteiger partial charge in [-0.15, -0.1) is 0 Å². The first-order chi connectivity index (χ1) is 10.3. The summed E-state index contributed by atoms with van der Waals surface area (Å²) in [6.07, 6.45) is 1.39. The summed E-state index contributed by atoms with van der Waals surface area (Å²) < 4.78 is 26.0. The first kappa shape index (κ1) is 19.9. The maximum Gasteiger partial charge on any atom is 0.216 e. The Morgan fingerprint density at radius 2 is 1.29 bits per heavy atom. The quantitative estimate of drug-likeness (QED) is 0.328. The Labute approximate surface area is 126 Å². The largest absolute Gasteiger partial charge is 0.499 e. The Morgan fingerprint density at radius 3 is 1.71 bits per heavy atom. The fourth-order valence-corrected chi connectivity index (χ4v) is 1.25. The molecule has 21 heavy (non-hydrogen) atoms. The molecule has 0 saturated heterocycles. The Morgan fingerprint density at radius 1 is 0.857 bits per heavy atom. The van der Waals surface area contributed by atoms with Crippen molar-refractivity contribution in [2.45, 2.75) is 6.92 Å². The van der Waals surface area contributed by atoms with Gasteiger partial charge in [0.25, 0.3) is 0 Å². The van der Waals surface area contributed by atoms with Gasteiger partial charge in [0.15, 0.2) is 0 Å². The number of hydrogen-bond acceptors (Lipinski definition) is 6. The molecule has 0 bridgehead atoms. The average molecular weight is 305 g/mol. The molecule has 0 aromatic heterocycles. The lowest BCUT2D eigenvalue weighted by Gasteiger charge is -2.07. The van der Waals surface area contributed by atoms with Crippen LogP contribution in [0.2, 0.25) is 0 Å². The van der Waals surface area contributed by atoms with E-state index in [1.807, 2.05) is 0 Å². The van der Waals surface area contributed by atoms with Crippen molar-refractivity contribution in [2.75, 3.05) is 66.0 Å². The van der Waals surface area contributed by atoms with Crippen LogP contribution in [0, 0.1) is 0 Å². The molecular formula is C14H27NO6. The molecular weight excluding hydrogens is 278 g/mol. The summed E-state index contributed by atoms with van der Waals surface area (Å²) in [7, 11) is 0. The first-order valence-corrected chi connectivity index (χ1v) is 7.05. The smallest absolute Gasteiger partial charge is 0.216 e. The van der Waals surface area contributed by atoms with Crippen LogP contribution >= 0.6 is 0 Å². The van der Waals surface area contributed by atoms with Gasteiger partial charge in [0.2, 0.25) is 5.91 Å². The van der Waals surface area contributed by atoms with Crippen molar-refractivity contribution in [3.05, 3.63) is 12.8 Å². The van der Waals surface area contributed by atoms with Gasteiger partial charge in [-0.3, -0.25) is 4.79 Å². The van der Waals surface area contributed by atoms with E-state index < -0.39 is 0 Å². The van der Waals surface area contributed by atoms with E-state index in [9.17, 15) is 4.79 Å². The number of ether oxygens (including phenoxy) is 5. The van der Waals surface area contributed by atoms with Gasteiger partial charge in [0, 0.05) is 13.5 Å². The van der Waals surface area contributed by atoms with E-state index in [-0.39, 0.29) is 5.91 Å². The van der Waals surface area contributed by atoms with Crippen LogP contribution in [-0.4, -0.2) is 71.9 Å². The second-order valence-electron chi connectivity index (χ2n) is 3.97. The van der Waals surface area contributed by atoms with Gasteiger partial charge < -0.3 is 29.0 Å². The lowest BCUT2D eigenvalue weighted by Crippen LogP contribution is -2.25. The Balaban J connectivity index is 2.96. The third-order valence-corrected chi connectivity index (χ3v) is 2.20. The zero-order chi connectivity index (χ0) is 15.6. The monoisotopic (exact) mass is 305 g/mol. The fourth-order valence-electron chi connectivity index (χ4n) is 1.25. The minimum atomic E-state index is -0.0517. The summed E-state index contributed by atoms with van der Waals surface area (Å²) in [5.41, 5.74) is 0. The van der Waals surface area contributed by atoms with E-state index in [0.717, 1.165) is 0 Å². The van der Waals surface area contributed by atoms with E-state index >= 15 is 0 Å². The fraction of sp³-hybridized carbons (Fsp3) is 0.786. The van der Waals surface area contributed by atoms with Gasteiger partial charge in [-0.1, -0.05) is 6.58 Å². The van der Waals surface area contributed by atoms with Crippen LogP contribution in [-0.2, 0) is 28.5 Å². The van der Waals surface area contributed by atoms with E-state index in [0.29, 0.717) is 66.0 Å². The molecule has 1 N–H and O–H groups in total. The predicted molar refractivity (Wildman–Crippen MR) is 78.1 cm³/mol. The minimum Gasteiger partial charge on any atom is -0.499 e. The normalized spacial score (nSPS) is 10.3. The highest BCUT2D eigenvalue weighted by Crippen LogP contribution is 1.83. The number of nitrogens with one attached hydrogen (secondary N) is 1. The third-order valence-electron chi connectivity index (χ3n) is 2.20. The molecule has 0 spiro atoms. The van der Waals surface area contributed by atoms with Crippen LogP contribution in [0.5, 0.6) is 0 Å². The maximum absolute atomic E-state index is 10.6. The molecule has 0 aromatic carbocycles. The summed E-state index contributed by atoms with van der Waals surface area (Å²) in [5, 5.41) is 2.64. The minimum absolute atomic E-state index is 0.0517. The van der Waals surface area contributed by atoms with Crippen molar-refractivity contribution in [2.24, 2.45) is 0 Å². The van der Waals surface area contributed by atoms with Gasteiger partial charge in [0.1, 0.15) is 6.61 Å². The molecule has 0 unspecified atom stereocenters. The number of hydrogen-bond donors (Lipinski definition) is 1. The van der Waals surface area contributed by atoms with Gasteiger partial charge >= 0.3 is 0 Å². The van der Waals surface area contributed by atoms with Crippen LogP contribution in [0.3, 0.4) is 0 Å². The van der Waals surface area contributed by atoms with Crippen LogP contribution in [0.1, 0.15) is 6.92 Å². The Bertz CT molecular complexity index is 250.